The number of benzene rings is 4. The number of aromatic nitrogens is 2. The van der Waals surface area contributed by atoms with Gasteiger partial charge >= 0.3 is 11.9 Å². The Hall–Kier alpha value is -5.36. The summed E-state index contributed by atoms with van der Waals surface area (Å²) in [6.45, 7) is 3.91. The Kier molecular flexibility index (Phi) is 7.36. The van der Waals surface area contributed by atoms with E-state index in [4.69, 9.17) is 19.4 Å². The number of ether oxygens (including phenoxy) is 2. The van der Waals surface area contributed by atoms with Crippen molar-refractivity contribution in [2.75, 3.05) is 14.2 Å². The molecule has 6 nitrogen and oxygen atoms in total. The summed E-state index contributed by atoms with van der Waals surface area (Å²) in [6.07, 6.45) is 1.57. The lowest BCUT2D eigenvalue weighted by molar-refractivity contribution is -0.145. The zero-order chi connectivity index (χ0) is 33.9. The number of methoxy groups -OCH3 is 2. The smallest absolute Gasteiger partial charge is 0.308 e. The monoisotopic (exact) mass is 646 g/mol. The molecule has 0 fully saturated rings. The van der Waals surface area contributed by atoms with Crippen LogP contribution in [0.15, 0.2) is 109 Å². The summed E-state index contributed by atoms with van der Waals surface area (Å²) in [7, 11) is 2.91. The largest absolute Gasteiger partial charge is 0.469 e. The quantitative estimate of drug-likeness (QED) is 0.154. The van der Waals surface area contributed by atoms with Gasteiger partial charge in [-0.15, -0.1) is 0 Å². The molecule has 0 aliphatic heterocycles. The predicted octanol–water partition coefficient (Wildman–Crippen LogP) is 8.80. The lowest BCUT2D eigenvalue weighted by Gasteiger charge is -2.44. The van der Waals surface area contributed by atoms with E-state index in [0.29, 0.717) is 19.3 Å². The summed E-state index contributed by atoms with van der Waals surface area (Å²) >= 11 is 0. The first kappa shape index (κ1) is 30.9. The van der Waals surface area contributed by atoms with Gasteiger partial charge in [0.2, 0.25) is 0 Å². The molecule has 8 rings (SSSR count). The molecule has 0 saturated carbocycles. The number of para-hydroxylation sites is 2. The number of rotatable bonds is 8. The molecule has 244 valence electrons. The molecule has 4 unspecified atom stereocenters. The lowest BCUT2D eigenvalue weighted by atomic mass is 9.58. The van der Waals surface area contributed by atoms with Crippen molar-refractivity contribution in [2.24, 2.45) is 11.8 Å². The minimum Gasteiger partial charge on any atom is -0.469 e. The van der Waals surface area contributed by atoms with Crippen LogP contribution < -0.4 is 0 Å². The summed E-state index contributed by atoms with van der Waals surface area (Å²) in [4.78, 5) is 37.3. The molecule has 2 aromatic heterocycles. The second-order valence-electron chi connectivity index (χ2n) is 13.8. The Bertz CT molecular complexity index is 2140. The first-order valence-electron chi connectivity index (χ1n) is 17.0. The zero-order valence-electron chi connectivity index (χ0n) is 28.2. The molecule has 2 aliphatic carbocycles. The van der Waals surface area contributed by atoms with E-state index in [1.165, 1.54) is 14.2 Å². The van der Waals surface area contributed by atoms with Gasteiger partial charge in [-0.2, -0.15) is 0 Å². The second-order valence-corrected chi connectivity index (χ2v) is 13.8. The summed E-state index contributed by atoms with van der Waals surface area (Å²) in [5.74, 6) is -1.35. The number of carbonyl (C=O) groups is 2. The van der Waals surface area contributed by atoms with Gasteiger partial charge in [0.1, 0.15) is 0 Å². The highest BCUT2D eigenvalue weighted by Gasteiger charge is 2.55. The molecule has 4 aromatic carbocycles. The maximum atomic E-state index is 13.3. The zero-order valence-corrected chi connectivity index (χ0v) is 28.2. The van der Waals surface area contributed by atoms with Crippen LogP contribution in [0.3, 0.4) is 0 Å². The van der Waals surface area contributed by atoms with Gasteiger partial charge in [-0.25, -0.2) is 9.97 Å². The fourth-order valence-electron chi connectivity index (χ4n) is 8.97. The molecular weight excluding hydrogens is 608 g/mol. The SMILES string of the molecule is COC(=O)C(C)CC1(CC2(CC(C)C(=O)OC)c3ccccc3-c3nc4ccccc4cc32)c2ccccc2-c2nc3ccccc3cc21. The minimum absolute atomic E-state index is 0.254. The third-order valence-corrected chi connectivity index (χ3v) is 11.0. The van der Waals surface area contributed by atoms with Gasteiger partial charge in [-0.1, -0.05) is 98.8 Å². The number of hydrogen-bond acceptors (Lipinski definition) is 6. The normalized spacial score (nSPS) is 19.8. The molecular formula is C43H38N2O4. The Balaban J connectivity index is 1.47. The van der Waals surface area contributed by atoms with Crippen LogP contribution in [0, 0.1) is 11.8 Å². The Morgan fingerprint density at radius 3 is 1.39 bits per heavy atom. The first-order valence-corrected chi connectivity index (χ1v) is 17.0. The average Bonchev–Trinajstić information content (AvgIpc) is 3.54. The van der Waals surface area contributed by atoms with E-state index in [-0.39, 0.29) is 11.9 Å². The van der Waals surface area contributed by atoms with Crippen molar-refractivity contribution in [1.29, 1.82) is 0 Å². The number of pyridine rings is 2. The lowest BCUT2D eigenvalue weighted by Crippen LogP contribution is -2.41. The Morgan fingerprint density at radius 2 is 0.959 bits per heavy atom. The Morgan fingerprint density at radius 1 is 0.571 bits per heavy atom. The summed E-state index contributed by atoms with van der Waals surface area (Å²) < 4.78 is 10.7. The fraction of sp³-hybridized carbons (Fsp3) is 0.256. The molecule has 0 N–H and O–H groups in total. The molecule has 0 saturated heterocycles. The van der Waals surface area contributed by atoms with E-state index >= 15 is 0 Å². The molecule has 0 radical (unpaired) electrons. The fourth-order valence-corrected chi connectivity index (χ4v) is 8.97. The van der Waals surface area contributed by atoms with Crippen LogP contribution in [0.4, 0.5) is 0 Å². The van der Waals surface area contributed by atoms with Crippen LogP contribution in [0.1, 0.15) is 55.4 Å². The van der Waals surface area contributed by atoms with Gasteiger partial charge in [0.15, 0.2) is 0 Å². The Labute approximate surface area is 286 Å². The molecule has 0 bridgehead atoms. The van der Waals surface area contributed by atoms with Gasteiger partial charge in [-0.05, 0) is 65.8 Å². The van der Waals surface area contributed by atoms with Gasteiger partial charge < -0.3 is 9.47 Å². The summed E-state index contributed by atoms with van der Waals surface area (Å²) in [5, 5.41) is 2.09. The van der Waals surface area contributed by atoms with Crippen LogP contribution in [-0.2, 0) is 29.9 Å². The molecule has 4 atom stereocenters. The average molecular weight is 647 g/mol. The highest BCUT2D eigenvalue weighted by molar-refractivity contribution is 5.91. The van der Waals surface area contributed by atoms with Gasteiger partial charge in [0.25, 0.3) is 0 Å². The second kappa shape index (κ2) is 11.7. The van der Waals surface area contributed by atoms with Crippen molar-refractivity contribution in [3.63, 3.8) is 0 Å². The topological polar surface area (TPSA) is 78.4 Å². The summed E-state index contributed by atoms with van der Waals surface area (Å²) in [5.41, 5.74) is 8.96. The highest BCUT2D eigenvalue weighted by atomic mass is 16.5. The third kappa shape index (κ3) is 4.68. The van der Waals surface area contributed by atoms with E-state index in [1.807, 2.05) is 38.1 Å². The van der Waals surface area contributed by atoms with Crippen molar-refractivity contribution in [2.45, 2.75) is 43.9 Å². The first-order chi connectivity index (χ1) is 23.8. The standard InChI is InChI=1S/C43H38N2O4/c1-26(40(46)48-3)23-42(32-17-9-7-15-30(32)38-34(42)21-28-13-5-11-19-36(28)44-38)25-43(24-27(2)41(47)49-4)33-18-10-8-16-31(33)39-35(43)22-29-14-6-12-20-37(29)45-39/h5-22,26-27H,23-25H2,1-4H3. The maximum absolute atomic E-state index is 13.3. The number of esters is 2. The number of hydrogen-bond donors (Lipinski definition) is 0. The highest BCUT2D eigenvalue weighted by Crippen LogP contribution is 2.62. The van der Waals surface area contributed by atoms with E-state index < -0.39 is 22.7 Å². The summed E-state index contributed by atoms with van der Waals surface area (Å²) in [6, 6.07) is 37.9. The number of fused-ring (bicyclic) bond motifs is 8. The van der Waals surface area contributed by atoms with Crippen molar-refractivity contribution in [3.8, 4) is 22.5 Å². The molecule has 0 spiro atoms. The van der Waals surface area contributed by atoms with E-state index in [2.05, 4.69) is 84.9 Å². The molecule has 6 heteroatoms. The van der Waals surface area contributed by atoms with Crippen molar-refractivity contribution in [1.82, 2.24) is 9.97 Å². The molecule has 6 aromatic rings. The molecule has 0 amide bonds. The van der Waals surface area contributed by atoms with Crippen LogP contribution in [0.5, 0.6) is 0 Å². The van der Waals surface area contributed by atoms with E-state index in [1.54, 1.807) is 0 Å². The molecule has 2 heterocycles. The van der Waals surface area contributed by atoms with Gasteiger partial charge in [0, 0.05) is 32.7 Å². The molecule has 49 heavy (non-hydrogen) atoms. The van der Waals surface area contributed by atoms with Gasteiger partial charge in [0.05, 0.1) is 48.5 Å². The number of carbonyl (C=O) groups excluding carboxylic acids is 2. The van der Waals surface area contributed by atoms with Crippen LogP contribution in [0.25, 0.3) is 44.3 Å². The van der Waals surface area contributed by atoms with Crippen LogP contribution >= 0.6 is 0 Å². The van der Waals surface area contributed by atoms with Gasteiger partial charge in [-0.3, -0.25) is 9.59 Å². The van der Waals surface area contributed by atoms with Crippen molar-refractivity contribution >= 4 is 33.7 Å². The van der Waals surface area contributed by atoms with E-state index in [0.717, 1.165) is 66.6 Å². The maximum Gasteiger partial charge on any atom is 0.308 e. The van der Waals surface area contributed by atoms with E-state index in [9.17, 15) is 9.59 Å². The van der Waals surface area contributed by atoms with Crippen LogP contribution in [0.2, 0.25) is 0 Å². The predicted molar refractivity (Wildman–Crippen MR) is 192 cm³/mol. The third-order valence-electron chi connectivity index (χ3n) is 11.0. The van der Waals surface area contributed by atoms with Crippen LogP contribution in [-0.4, -0.2) is 36.1 Å². The van der Waals surface area contributed by atoms with Crippen molar-refractivity contribution in [3.05, 3.63) is 131 Å². The minimum atomic E-state index is -0.674. The molecule has 2 aliphatic rings. The van der Waals surface area contributed by atoms with Crippen molar-refractivity contribution < 1.29 is 19.1 Å². The number of nitrogens with zero attached hydrogens (tertiary/aromatic N) is 2.